The molecule has 0 spiro atoms. The van der Waals surface area contributed by atoms with Crippen LogP contribution in [0.2, 0.25) is 0 Å². The van der Waals surface area contributed by atoms with Crippen molar-refractivity contribution in [3.05, 3.63) is 72.8 Å². The standard InChI is InChI=1S/C11H10O2.C10H8O2/c1-13-11-5-3-8-2-4-10(12)6-9(8)7-11;11-9-3-1-7-2-4-10(12)6-8(7)5-9/h2-7,12H,1H3;1-6,11-12H. The molecular formula is C21H18O4. The Kier molecular flexibility index (Phi) is 4.61. The van der Waals surface area contributed by atoms with Crippen LogP contribution in [0.3, 0.4) is 0 Å². The molecule has 0 aliphatic rings. The summed E-state index contributed by atoms with van der Waals surface area (Å²) in [7, 11) is 1.63. The molecule has 4 aromatic carbocycles. The largest absolute Gasteiger partial charge is 0.508 e. The van der Waals surface area contributed by atoms with Crippen LogP contribution in [0.1, 0.15) is 0 Å². The summed E-state index contributed by atoms with van der Waals surface area (Å²) in [5.41, 5.74) is 0. The molecular weight excluding hydrogens is 316 g/mol. The summed E-state index contributed by atoms with van der Waals surface area (Å²) >= 11 is 0. The van der Waals surface area contributed by atoms with E-state index in [1.165, 1.54) is 0 Å². The maximum atomic E-state index is 9.25. The van der Waals surface area contributed by atoms with Gasteiger partial charge in [0.05, 0.1) is 7.11 Å². The monoisotopic (exact) mass is 334 g/mol. The molecule has 0 bridgehead atoms. The molecule has 0 aromatic heterocycles. The molecule has 0 atom stereocenters. The quantitative estimate of drug-likeness (QED) is 0.467. The van der Waals surface area contributed by atoms with E-state index in [0.29, 0.717) is 0 Å². The highest BCUT2D eigenvalue weighted by Gasteiger charge is 1.97. The fourth-order valence-electron chi connectivity index (χ4n) is 2.56. The molecule has 4 rings (SSSR count). The minimum Gasteiger partial charge on any atom is -0.508 e. The van der Waals surface area contributed by atoms with E-state index in [1.807, 2.05) is 36.4 Å². The number of phenolic OH excluding ortho intramolecular Hbond substituents is 3. The zero-order chi connectivity index (χ0) is 17.8. The third-order valence-corrected chi connectivity index (χ3v) is 3.84. The Balaban J connectivity index is 0.000000146. The topological polar surface area (TPSA) is 69.9 Å². The van der Waals surface area contributed by atoms with Gasteiger partial charge in [0.25, 0.3) is 0 Å². The van der Waals surface area contributed by atoms with Gasteiger partial charge in [0.1, 0.15) is 23.0 Å². The smallest absolute Gasteiger partial charge is 0.119 e. The first-order chi connectivity index (χ1) is 12.0. The lowest BCUT2D eigenvalue weighted by Crippen LogP contribution is -1.81. The molecule has 3 N–H and O–H groups in total. The minimum absolute atomic E-state index is 0.216. The van der Waals surface area contributed by atoms with Gasteiger partial charge in [-0.3, -0.25) is 0 Å². The van der Waals surface area contributed by atoms with Crippen molar-refractivity contribution >= 4 is 21.5 Å². The Morgan fingerprint density at radius 3 is 1.36 bits per heavy atom. The maximum Gasteiger partial charge on any atom is 0.119 e. The maximum absolute atomic E-state index is 9.25. The number of ether oxygens (including phenoxy) is 1. The molecule has 0 heterocycles. The van der Waals surface area contributed by atoms with Gasteiger partial charge in [-0.1, -0.05) is 24.3 Å². The molecule has 25 heavy (non-hydrogen) atoms. The number of methoxy groups -OCH3 is 1. The van der Waals surface area contributed by atoms with E-state index < -0.39 is 0 Å². The van der Waals surface area contributed by atoms with Gasteiger partial charge in [-0.25, -0.2) is 0 Å². The van der Waals surface area contributed by atoms with Gasteiger partial charge < -0.3 is 20.1 Å². The minimum atomic E-state index is 0.216. The third-order valence-electron chi connectivity index (χ3n) is 3.84. The van der Waals surface area contributed by atoms with E-state index in [9.17, 15) is 5.11 Å². The SMILES string of the molecule is COc1ccc2ccc(O)cc2c1.Oc1ccc2ccc(O)cc2c1. The molecule has 0 saturated carbocycles. The Labute approximate surface area is 145 Å². The van der Waals surface area contributed by atoms with E-state index in [-0.39, 0.29) is 17.2 Å². The fourth-order valence-corrected chi connectivity index (χ4v) is 2.56. The second-order valence-electron chi connectivity index (χ2n) is 5.61. The van der Waals surface area contributed by atoms with Gasteiger partial charge in [-0.15, -0.1) is 0 Å². The molecule has 0 aliphatic carbocycles. The van der Waals surface area contributed by atoms with Crippen molar-refractivity contribution < 1.29 is 20.1 Å². The summed E-state index contributed by atoms with van der Waals surface area (Å²) < 4.78 is 5.08. The van der Waals surface area contributed by atoms with Gasteiger partial charge >= 0.3 is 0 Å². The summed E-state index contributed by atoms with van der Waals surface area (Å²) in [6.07, 6.45) is 0. The van der Waals surface area contributed by atoms with Crippen LogP contribution in [0.5, 0.6) is 23.0 Å². The molecule has 0 fully saturated rings. The second kappa shape index (κ2) is 7.01. The summed E-state index contributed by atoms with van der Waals surface area (Å²) in [6, 6.07) is 21.1. The van der Waals surface area contributed by atoms with Crippen molar-refractivity contribution in [3.8, 4) is 23.0 Å². The van der Waals surface area contributed by atoms with E-state index in [4.69, 9.17) is 14.9 Å². The Hall–Kier alpha value is -3.40. The number of phenols is 3. The number of fused-ring (bicyclic) bond motifs is 2. The molecule has 4 aromatic rings. The Bertz CT molecular complexity index is 988. The van der Waals surface area contributed by atoms with Crippen molar-refractivity contribution in [2.45, 2.75) is 0 Å². The highest BCUT2D eigenvalue weighted by atomic mass is 16.5. The van der Waals surface area contributed by atoms with E-state index in [0.717, 1.165) is 27.3 Å². The first-order valence-electron chi connectivity index (χ1n) is 7.74. The first-order valence-corrected chi connectivity index (χ1v) is 7.74. The Morgan fingerprint density at radius 2 is 0.920 bits per heavy atom. The van der Waals surface area contributed by atoms with Gasteiger partial charge in [-0.05, 0) is 70.1 Å². The number of hydrogen-bond acceptors (Lipinski definition) is 4. The van der Waals surface area contributed by atoms with Crippen LogP contribution in [0, 0.1) is 0 Å². The zero-order valence-electron chi connectivity index (χ0n) is 13.7. The lowest BCUT2D eigenvalue weighted by atomic mass is 10.1. The van der Waals surface area contributed by atoms with Crippen molar-refractivity contribution in [2.75, 3.05) is 7.11 Å². The average Bonchev–Trinajstić information content (AvgIpc) is 2.61. The van der Waals surface area contributed by atoms with Gasteiger partial charge in [-0.2, -0.15) is 0 Å². The number of hydrogen-bond donors (Lipinski definition) is 3. The molecule has 0 unspecified atom stereocenters. The number of rotatable bonds is 1. The first kappa shape index (κ1) is 16.5. The zero-order valence-corrected chi connectivity index (χ0v) is 13.7. The number of benzene rings is 4. The van der Waals surface area contributed by atoms with Crippen LogP contribution < -0.4 is 4.74 Å². The highest BCUT2D eigenvalue weighted by Crippen LogP contribution is 2.24. The fraction of sp³-hybridized carbons (Fsp3) is 0.0476. The van der Waals surface area contributed by atoms with Crippen LogP contribution >= 0.6 is 0 Å². The van der Waals surface area contributed by atoms with Crippen LogP contribution in [-0.2, 0) is 0 Å². The predicted molar refractivity (Wildman–Crippen MR) is 99.4 cm³/mol. The van der Waals surface area contributed by atoms with Crippen molar-refractivity contribution in [1.29, 1.82) is 0 Å². The lowest BCUT2D eigenvalue weighted by molar-refractivity contribution is 0.415. The van der Waals surface area contributed by atoms with E-state index >= 15 is 0 Å². The van der Waals surface area contributed by atoms with Crippen molar-refractivity contribution in [1.82, 2.24) is 0 Å². The summed E-state index contributed by atoms with van der Waals surface area (Å²) in [6.45, 7) is 0. The van der Waals surface area contributed by atoms with Crippen LogP contribution in [0.25, 0.3) is 21.5 Å². The summed E-state index contributed by atoms with van der Waals surface area (Å²) in [4.78, 5) is 0. The summed E-state index contributed by atoms with van der Waals surface area (Å²) in [5.74, 6) is 1.51. The highest BCUT2D eigenvalue weighted by molar-refractivity contribution is 5.85. The normalized spacial score (nSPS) is 10.3. The molecule has 0 saturated heterocycles. The average molecular weight is 334 g/mol. The van der Waals surface area contributed by atoms with Crippen LogP contribution in [0.15, 0.2) is 72.8 Å². The molecule has 4 nitrogen and oxygen atoms in total. The number of aromatic hydroxyl groups is 3. The molecule has 126 valence electrons. The third kappa shape index (κ3) is 3.93. The van der Waals surface area contributed by atoms with E-state index in [1.54, 1.807) is 43.5 Å². The van der Waals surface area contributed by atoms with Crippen LogP contribution in [-0.4, -0.2) is 22.4 Å². The molecule has 0 aliphatic heterocycles. The predicted octanol–water partition coefficient (Wildman–Crippen LogP) is 4.81. The molecule has 4 heteroatoms. The van der Waals surface area contributed by atoms with Crippen LogP contribution in [0.4, 0.5) is 0 Å². The van der Waals surface area contributed by atoms with Crippen molar-refractivity contribution in [2.24, 2.45) is 0 Å². The second-order valence-corrected chi connectivity index (χ2v) is 5.61. The lowest BCUT2D eigenvalue weighted by Gasteiger charge is -2.02. The van der Waals surface area contributed by atoms with Gasteiger partial charge in [0.2, 0.25) is 0 Å². The van der Waals surface area contributed by atoms with Crippen molar-refractivity contribution in [3.63, 3.8) is 0 Å². The molecule has 0 amide bonds. The summed E-state index contributed by atoms with van der Waals surface area (Å²) in [5, 5.41) is 31.5. The van der Waals surface area contributed by atoms with E-state index in [2.05, 4.69) is 0 Å². The Morgan fingerprint density at radius 1 is 0.520 bits per heavy atom. The van der Waals surface area contributed by atoms with Gasteiger partial charge in [0.15, 0.2) is 0 Å². The molecule has 0 radical (unpaired) electrons. The van der Waals surface area contributed by atoms with Gasteiger partial charge in [0, 0.05) is 0 Å².